The van der Waals surface area contributed by atoms with Gasteiger partial charge >= 0.3 is 0 Å². The maximum atomic E-state index is 6.02. The molecule has 0 aromatic heterocycles. The standard InChI is InChI=1S/C16H16Br2O/c1-10-4-5-15(13(6-10)9-17)19-14-7-11(2)16(18)12(3)8-14/h4-8H,9H2,1-3H3. The zero-order chi connectivity index (χ0) is 14.0. The van der Waals surface area contributed by atoms with Crippen molar-refractivity contribution in [2.75, 3.05) is 0 Å². The average molecular weight is 384 g/mol. The van der Waals surface area contributed by atoms with Crippen LogP contribution in [0.3, 0.4) is 0 Å². The molecule has 0 spiro atoms. The summed E-state index contributed by atoms with van der Waals surface area (Å²) in [5.74, 6) is 1.79. The van der Waals surface area contributed by atoms with Crippen LogP contribution in [0.1, 0.15) is 22.3 Å². The second-order valence-electron chi connectivity index (χ2n) is 4.72. The molecule has 0 aliphatic carbocycles. The largest absolute Gasteiger partial charge is 0.457 e. The summed E-state index contributed by atoms with van der Waals surface area (Å²) >= 11 is 7.08. The van der Waals surface area contributed by atoms with Crippen LogP contribution in [0.5, 0.6) is 11.5 Å². The molecule has 19 heavy (non-hydrogen) atoms. The molecule has 2 rings (SSSR count). The molecule has 0 amide bonds. The van der Waals surface area contributed by atoms with E-state index in [0.717, 1.165) is 21.3 Å². The van der Waals surface area contributed by atoms with Gasteiger partial charge in [-0.2, -0.15) is 0 Å². The summed E-state index contributed by atoms with van der Waals surface area (Å²) in [7, 11) is 0. The Labute approximate surface area is 131 Å². The first kappa shape index (κ1) is 14.6. The predicted molar refractivity (Wildman–Crippen MR) is 87.5 cm³/mol. The van der Waals surface area contributed by atoms with Crippen LogP contribution in [-0.4, -0.2) is 0 Å². The molecule has 0 unspecified atom stereocenters. The van der Waals surface area contributed by atoms with E-state index in [9.17, 15) is 0 Å². The van der Waals surface area contributed by atoms with E-state index < -0.39 is 0 Å². The van der Waals surface area contributed by atoms with Crippen LogP contribution in [0, 0.1) is 20.8 Å². The summed E-state index contributed by atoms with van der Waals surface area (Å²) in [5.41, 5.74) is 4.77. The van der Waals surface area contributed by atoms with Crippen molar-refractivity contribution in [3.8, 4) is 11.5 Å². The molecule has 1 nitrogen and oxygen atoms in total. The van der Waals surface area contributed by atoms with E-state index in [0.29, 0.717) is 0 Å². The Balaban J connectivity index is 2.36. The highest BCUT2D eigenvalue weighted by atomic mass is 79.9. The molecular formula is C16H16Br2O. The first-order valence-electron chi connectivity index (χ1n) is 6.11. The van der Waals surface area contributed by atoms with E-state index in [1.54, 1.807) is 0 Å². The van der Waals surface area contributed by atoms with Gasteiger partial charge in [0.05, 0.1) is 0 Å². The lowest BCUT2D eigenvalue weighted by atomic mass is 10.1. The number of rotatable bonds is 3. The van der Waals surface area contributed by atoms with Crippen LogP contribution >= 0.6 is 31.9 Å². The molecule has 0 N–H and O–H groups in total. The van der Waals surface area contributed by atoms with Gasteiger partial charge in [-0.25, -0.2) is 0 Å². The molecule has 2 aromatic rings. The number of halogens is 2. The lowest BCUT2D eigenvalue weighted by Crippen LogP contribution is -1.92. The van der Waals surface area contributed by atoms with Crippen molar-refractivity contribution in [2.45, 2.75) is 26.1 Å². The number of hydrogen-bond acceptors (Lipinski definition) is 1. The van der Waals surface area contributed by atoms with Crippen molar-refractivity contribution in [1.29, 1.82) is 0 Å². The van der Waals surface area contributed by atoms with Crippen LogP contribution in [-0.2, 0) is 5.33 Å². The minimum Gasteiger partial charge on any atom is -0.457 e. The number of aryl methyl sites for hydroxylation is 3. The third-order valence-electron chi connectivity index (χ3n) is 3.00. The van der Waals surface area contributed by atoms with Crippen molar-refractivity contribution in [1.82, 2.24) is 0 Å². The van der Waals surface area contributed by atoms with Gasteiger partial charge in [0, 0.05) is 15.4 Å². The summed E-state index contributed by atoms with van der Waals surface area (Å²) in [6.45, 7) is 6.23. The Morgan fingerprint density at radius 2 is 1.63 bits per heavy atom. The Kier molecular flexibility index (Phi) is 4.69. The number of alkyl halides is 1. The molecule has 3 heteroatoms. The Morgan fingerprint density at radius 1 is 1.00 bits per heavy atom. The maximum absolute atomic E-state index is 6.02. The van der Waals surface area contributed by atoms with Crippen LogP contribution in [0.15, 0.2) is 34.8 Å². The molecule has 100 valence electrons. The summed E-state index contributed by atoms with van der Waals surface area (Å²) in [5, 5.41) is 0.790. The quantitative estimate of drug-likeness (QED) is 0.585. The molecule has 0 radical (unpaired) electrons. The van der Waals surface area contributed by atoms with Crippen molar-refractivity contribution in [3.05, 3.63) is 57.1 Å². The predicted octanol–water partition coefficient (Wildman–Crippen LogP) is 6.06. The van der Waals surface area contributed by atoms with E-state index in [1.807, 2.05) is 6.07 Å². The lowest BCUT2D eigenvalue weighted by molar-refractivity contribution is 0.477. The van der Waals surface area contributed by atoms with E-state index >= 15 is 0 Å². The number of benzene rings is 2. The molecule has 0 aliphatic rings. The molecule has 0 saturated heterocycles. The van der Waals surface area contributed by atoms with Gasteiger partial charge in [0.1, 0.15) is 11.5 Å². The number of ether oxygens (including phenoxy) is 1. The summed E-state index contributed by atoms with van der Waals surface area (Å²) in [4.78, 5) is 0. The highest BCUT2D eigenvalue weighted by Crippen LogP contribution is 2.32. The van der Waals surface area contributed by atoms with E-state index in [4.69, 9.17) is 4.74 Å². The van der Waals surface area contributed by atoms with Gasteiger partial charge in [0.2, 0.25) is 0 Å². The Hall–Kier alpha value is -0.800. The second-order valence-corrected chi connectivity index (χ2v) is 6.07. The van der Waals surface area contributed by atoms with Gasteiger partial charge in [-0.15, -0.1) is 0 Å². The minimum atomic E-state index is 0.790. The second kappa shape index (κ2) is 6.10. The summed E-state index contributed by atoms with van der Waals surface area (Å²) < 4.78 is 7.16. The minimum absolute atomic E-state index is 0.790. The van der Waals surface area contributed by atoms with Crippen LogP contribution in [0.2, 0.25) is 0 Å². The molecule has 0 bridgehead atoms. The third-order valence-corrected chi connectivity index (χ3v) is 4.85. The van der Waals surface area contributed by atoms with Gasteiger partial charge in [-0.1, -0.05) is 49.6 Å². The highest BCUT2D eigenvalue weighted by Gasteiger charge is 2.07. The molecular weight excluding hydrogens is 368 g/mol. The van der Waals surface area contributed by atoms with Gasteiger partial charge in [-0.3, -0.25) is 0 Å². The summed E-state index contributed by atoms with van der Waals surface area (Å²) in [6.07, 6.45) is 0. The molecule has 0 saturated carbocycles. The topological polar surface area (TPSA) is 9.23 Å². The fraction of sp³-hybridized carbons (Fsp3) is 0.250. The van der Waals surface area contributed by atoms with Gasteiger partial charge < -0.3 is 4.74 Å². The first-order valence-corrected chi connectivity index (χ1v) is 8.03. The Bertz CT molecular complexity index is 583. The third kappa shape index (κ3) is 3.40. The van der Waals surface area contributed by atoms with Gasteiger partial charge in [-0.05, 0) is 50.1 Å². The van der Waals surface area contributed by atoms with Crippen LogP contribution in [0.25, 0.3) is 0 Å². The first-order chi connectivity index (χ1) is 9.01. The van der Waals surface area contributed by atoms with Crippen molar-refractivity contribution < 1.29 is 4.74 Å². The highest BCUT2D eigenvalue weighted by molar-refractivity contribution is 9.10. The fourth-order valence-electron chi connectivity index (χ4n) is 2.00. The molecule has 0 atom stereocenters. The number of hydrogen-bond donors (Lipinski definition) is 0. The van der Waals surface area contributed by atoms with Gasteiger partial charge in [0.25, 0.3) is 0 Å². The lowest BCUT2D eigenvalue weighted by Gasteiger charge is -2.13. The normalized spacial score (nSPS) is 10.6. The van der Waals surface area contributed by atoms with E-state index in [1.165, 1.54) is 22.3 Å². The van der Waals surface area contributed by atoms with Crippen molar-refractivity contribution in [3.63, 3.8) is 0 Å². The van der Waals surface area contributed by atoms with Crippen molar-refractivity contribution >= 4 is 31.9 Å². The zero-order valence-electron chi connectivity index (χ0n) is 11.3. The Morgan fingerprint density at radius 3 is 2.21 bits per heavy atom. The molecule has 0 fully saturated rings. The smallest absolute Gasteiger partial charge is 0.131 e. The molecule has 0 heterocycles. The average Bonchev–Trinajstić information content (AvgIpc) is 2.38. The summed E-state index contributed by atoms with van der Waals surface area (Å²) in [6, 6.07) is 10.3. The van der Waals surface area contributed by atoms with Crippen LogP contribution in [0.4, 0.5) is 0 Å². The zero-order valence-corrected chi connectivity index (χ0v) is 14.4. The van der Waals surface area contributed by atoms with Crippen molar-refractivity contribution in [2.24, 2.45) is 0 Å². The van der Waals surface area contributed by atoms with Crippen LogP contribution < -0.4 is 4.74 Å². The van der Waals surface area contributed by atoms with E-state index in [-0.39, 0.29) is 0 Å². The maximum Gasteiger partial charge on any atom is 0.131 e. The monoisotopic (exact) mass is 382 g/mol. The van der Waals surface area contributed by atoms with E-state index in [2.05, 4.69) is 76.9 Å². The SMILES string of the molecule is Cc1ccc(Oc2cc(C)c(Br)c(C)c2)c(CBr)c1. The fourth-order valence-corrected chi connectivity index (χ4v) is 2.67. The van der Waals surface area contributed by atoms with Gasteiger partial charge in [0.15, 0.2) is 0 Å². The molecule has 0 aliphatic heterocycles. The molecule has 2 aromatic carbocycles.